The third-order valence-corrected chi connectivity index (χ3v) is 2.82. The van der Waals surface area contributed by atoms with E-state index in [0.717, 1.165) is 5.56 Å². The number of rotatable bonds is 4. The van der Waals surface area contributed by atoms with Crippen molar-refractivity contribution in [2.75, 3.05) is 11.9 Å². The van der Waals surface area contributed by atoms with E-state index in [2.05, 4.69) is 16.7 Å². The highest BCUT2D eigenvalue weighted by molar-refractivity contribution is 5.98. The zero-order valence-corrected chi connectivity index (χ0v) is 11.3. The quantitative estimate of drug-likeness (QED) is 0.854. The fourth-order valence-electron chi connectivity index (χ4n) is 1.72. The van der Waals surface area contributed by atoms with Gasteiger partial charge in [0.05, 0.1) is 16.8 Å². The smallest absolute Gasteiger partial charge is 0.244 e. The number of aryl methyl sites for hydroxylation is 1. The van der Waals surface area contributed by atoms with Crippen LogP contribution in [-0.4, -0.2) is 18.0 Å². The zero-order chi connectivity index (χ0) is 13.8. The predicted octanol–water partition coefficient (Wildman–Crippen LogP) is 2.19. The van der Waals surface area contributed by atoms with Crippen LogP contribution in [0.5, 0.6) is 0 Å². The summed E-state index contributed by atoms with van der Waals surface area (Å²) in [5.74, 6) is -0.147. The minimum Gasteiger partial charge on any atom is -0.323 e. The maximum Gasteiger partial charge on any atom is 0.244 e. The molecule has 1 aromatic rings. The second-order valence-corrected chi connectivity index (χ2v) is 4.72. The molecule has 0 aromatic heterocycles. The van der Waals surface area contributed by atoms with Gasteiger partial charge in [-0.3, -0.25) is 4.79 Å². The highest BCUT2D eigenvalue weighted by atomic mass is 16.2. The molecule has 0 atom stereocenters. The Morgan fingerprint density at radius 3 is 2.67 bits per heavy atom. The molecular weight excluding hydrogens is 226 g/mol. The van der Waals surface area contributed by atoms with E-state index in [1.807, 2.05) is 39.8 Å². The molecule has 0 saturated heterocycles. The van der Waals surface area contributed by atoms with E-state index in [9.17, 15) is 4.79 Å². The summed E-state index contributed by atoms with van der Waals surface area (Å²) in [6.07, 6.45) is 0. The Kier molecular flexibility index (Phi) is 4.46. The summed E-state index contributed by atoms with van der Waals surface area (Å²) in [6, 6.07) is 7.54. The molecule has 1 aromatic carbocycles. The van der Waals surface area contributed by atoms with Gasteiger partial charge in [-0.05, 0) is 38.9 Å². The van der Waals surface area contributed by atoms with Crippen LogP contribution in [0.1, 0.15) is 31.9 Å². The number of nitrogens with one attached hydrogen (secondary N) is 2. The van der Waals surface area contributed by atoms with Gasteiger partial charge in [0.2, 0.25) is 5.91 Å². The fraction of sp³-hybridized carbons (Fsp3) is 0.429. The normalized spacial score (nSPS) is 10.8. The van der Waals surface area contributed by atoms with Gasteiger partial charge in [-0.2, -0.15) is 5.26 Å². The van der Waals surface area contributed by atoms with Gasteiger partial charge in [-0.15, -0.1) is 0 Å². The number of nitrogens with zero attached hydrogens (tertiary/aromatic N) is 1. The number of anilines is 1. The standard InChI is InChI=1S/C14H19N3O/c1-5-16-14(3,4)13(18)17-12-8-6-7-10(2)11(12)9-15/h6-8,16H,5H2,1-4H3,(H,17,18). The highest BCUT2D eigenvalue weighted by Gasteiger charge is 2.26. The SMILES string of the molecule is CCNC(C)(C)C(=O)Nc1cccc(C)c1C#N. The first kappa shape index (κ1) is 14.2. The maximum absolute atomic E-state index is 12.1. The van der Waals surface area contributed by atoms with Crippen molar-refractivity contribution in [2.45, 2.75) is 33.2 Å². The molecule has 0 fully saturated rings. The number of benzene rings is 1. The number of amides is 1. The molecule has 0 radical (unpaired) electrons. The largest absolute Gasteiger partial charge is 0.323 e. The molecular formula is C14H19N3O. The molecule has 4 nitrogen and oxygen atoms in total. The van der Waals surface area contributed by atoms with Crippen LogP contribution in [0, 0.1) is 18.3 Å². The van der Waals surface area contributed by atoms with Gasteiger partial charge >= 0.3 is 0 Å². The van der Waals surface area contributed by atoms with Gasteiger partial charge in [0.1, 0.15) is 6.07 Å². The van der Waals surface area contributed by atoms with Crippen molar-refractivity contribution in [3.8, 4) is 6.07 Å². The summed E-state index contributed by atoms with van der Waals surface area (Å²) < 4.78 is 0. The summed E-state index contributed by atoms with van der Waals surface area (Å²) >= 11 is 0. The maximum atomic E-state index is 12.1. The number of nitriles is 1. The predicted molar refractivity (Wildman–Crippen MR) is 72.3 cm³/mol. The highest BCUT2D eigenvalue weighted by Crippen LogP contribution is 2.19. The monoisotopic (exact) mass is 245 g/mol. The van der Waals surface area contributed by atoms with Crippen molar-refractivity contribution in [3.63, 3.8) is 0 Å². The topological polar surface area (TPSA) is 64.9 Å². The van der Waals surface area contributed by atoms with E-state index < -0.39 is 5.54 Å². The van der Waals surface area contributed by atoms with Gasteiger partial charge < -0.3 is 10.6 Å². The van der Waals surface area contributed by atoms with E-state index in [-0.39, 0.29) is 5.91 Å². The third kappa shape index (κ3) is 3.08. The fourth-order valence-corrected chi connectivity index (χ4v) is 1.72. The van der Waals surface area contributed by atoms with Crippen LogP contribution in [0.4, 0.5) is 5.69 Å². The van der Waals surface area contributed by atoms with Crippen LogP contribution in [-0.2, 0) is 4.79 Å². The Morgan fingerprint density at radius 1 is 1.44 bits per heavy atom. The Bertz CT molecular complexity index is 486. The number of carbonyl (C=O) groups is 1. The molecule has 0 bridgehead atoms. The van der Waals surface area contributed by atoms with Gasteiger partial charge in [0.15, 0.2) is 0 Å². The molecule has 0 heterocycles. The second-order valence-electron chi connectivity index (χ2n) is 4.72. The van der Waals surface area contributed by atoms with E-state index in [1.54, 1.807) is 6.07 Å². The lowest BCUT2D eigenvalue weighted by atomic mass is 10.0. The van der Waals surface area contributed by atoms with Gasteiger partial charge in [0, 0.05) is 0 Å². The first-order valence-electron chi connectivity index (χ1n) is 5.98. The molecule has 2 N–H and O–H groups in total. The van der Waals surface area contributed by atoms with Crippen LogP contribution >= 0.6 is 0 Å². The lowest BCUT2D eigenvalue weighted by molar-refractivity contribution is -0.121. The number of likely N-dealkylation sites (N-methyl/N-ethyl adjacent to an activating group) is 1. The number of hydrogen-bond donors (Lipinski definition) is 2. The Labute approximate surface area is 108 Å². The number of hydrogen-bond acceptors (Lipinski definition) is 3. The first-order valence-corrected chi connectivity index (χ1v) is 5.98. The van der Waals surface area contributed by atoms with E-state index in [1.165, 1.54) is 0 Å². The van der Waals surface area contributed by atoms with Crippen molar-refractivity contribution in [2.24, 2.45) is 0 Å². The van der Waals surface area contributed by atoms with Crippen LogP contribution in [0.3, 0.4) is 0 Å². The van der Waals surface area contributed by atoms with Crippen LogP contribution in [0.25, 0.3) is 0 Å². The van der Waals surface area contributed by atoms with Gasteiger partial charge in [-0.25, -0.2) is 0 Å². The minimum absolute atomic E-state index is 0.147. The molecule has 1 rings (SSSR count). The molecule has 0 aliphatic rings. The molecule has 0 aliphatic heterocycles. The molecule has 96 valence electrons. The van der Waals surface area contributed by atoms with E-state index in [0.29, 0.717) is 17.8 Å². The first-order chi connectivity index (χ1) is 8.42. The lowest BCUT2D eigenvalue weighted by Crippen LogP contribution is -2.49. The third-order valence-electron chi connectivity index (χ3n) is 2.82. The van der Waals surface area contributed by atoms with Crippen molar-refractivity contribution >= 4 is 11.6 Å². The molecule has 0 saturated carbocycles. The molecule has 0 spiro atoms. The molecule has 0 aliphatic carbocycles. The summed E-state index contributed by atoms with van der Waals surface area (Å²) in [5.41, 5.74) is 1.27. The number of carbonyl (C=O) groups excluding carboxylic acids is 1. The Morgan fingerprint density at radius 2 is 2.11 bits per heavy atom. The molecule has 0 unspecified atom stereocenters. The average molecular weight is 245 g/mol. The van der Waals surface area contributed by atoms with E-state index >= 15 is 0 Å². The van der Waals surface area contributed by atoms with Gasteiger partial charge in [0.25, 0.3) is 0 Å². The minimum atomic E-state index is -0.661. The van der Waals surface area contributed by atoms with Crippen LogP contribution in [0.2, 0.25) is 0 Å². The van der Waals surface area contributed by atoms with Crippen molar-refractivity contribution in [1.29, 1.82) is 5.26 Å². The molecule has 18 heavy (non-hydrogen) atoms. The zero-order valence-electron chi connectivity index (χ0n) is 11.3. The Balaban J connectivity index is 2.96. The lowest BCUT2D eigenvalue weighted by Gasteiger charge is -2.24. The molecule has 1 amide bonds. The summed E-state index contributed by atoms with van der Waals surface area (Å²) in [7, 11) is 0. The summed E-state index contributed by atoms with van der Waals surface area (Å²) in [5, 5.41) is 15.0. The van der Waals surface area contributed by atoms with Gasteiger partial charge in [-0.1, -0.05) is 19.1 Å². The average Bonchev–Trinajstić information content (AvgIpc) is 2.29. The van der Waals surface area contributed by atoms with Crippen molar-refractivity contribution in [3.05, 3.63) is 29.3 Å². The van der Waals surface area contributed by atoms with Crippen molar-refractivity contribution < 1.29 is 4.79 Å². The van der Waals surface area contributed by atoms with Crippen molar-refractivity contribution in [1.82, 2.24) is 5.32 Å². The van der Waals surface area contributed by atoms with Crippen LogP contribution < -0.4 is 10.6 Å². The van der Waals surface area contributed by atoms with Crippen LogP contribution in [0.15, 0.2) is 18.2 Å². The van der Waals surface area contributed by atoms with E-state index in [4.69, 9.17) is 5.26 Å². The summed E-state index contributed by atoms with van der Waals surface area (Å²) in [6.45, 7) is 8.13. The molecule has 4 heteroatoms. The summed E-state index contributed by atoms with van der Waals surface area (Å²) in [4.78, 5) is 12.1. The Hall–Kier alpha value is -1.86. The second kappa shape index (κ2) is 5.65.